The van der Waals surface area contributed by atoms with E-state index < -0.39 is 0 Å². The van der Waals surface area contributed by atoms with Crippen LogP contribution in [0.3, 0.4) is 0 Å². The number of halogens is 1. The summed E-state index contributed by atoms with van der Waals surface area (Å²) in [6.45, 7) is 0. The van der Waals surface area contributed by atoms with Crippen molar-refractivity contribution in [2.75, 3.05) is 0 Å². The molecule has 1 aromatic heterocycles. The topological polar surface area (TPSA) is 38.9 Å². The van der Waals surface area contributed by atoms with E-state index in [1.54, 1.807) is 17.5 Å². The first kappa shape index (κ1) is 10.1. The maximum absolute atomic E-state index is 6.06. The molecule has 0 aliphatic rings. The zero-order chi connectivity index (χ0) is 9.97. The summed E-state index contributed by atoms with van der Waals surface area (Å²) in [5.41, 5.74) is 7.17. The SMILES string of the molecule is NC(c1ccc(I)cc1)c1nccs1. The average Bonchev–Trinajstić information content (AvgIpc) is 2.71. The van der Waals surface area contributed by atoms with E-state index in [1.807, 2.05) is 17.5 Å². The molecule has 0 fully saturated rings. The van der Waals surface area contributed by atoms with Crippen LogP contribution in [0.2, 0.25) is 0 Å². The Balaban J connectivity index is 2.28. The van der Waals surface area contributed by atoms with Crippen LogP contribution in [0.4, 0.5) is 0 Å². The molecule has 14 heavy (non-hydrogen) atoms. The Morgan fingerprint density at radius 1 is 1.29 bits per heavy atom. The highest BCUT2D eigenvalue weighted by Crippen LogP contribution is 2.21. The molecule has 0 saturated carbocycles. The maximum Gasteiger partial charge on any atom is 0.114 e. The van der Waals surface area contributed by atoms with Crippen molar-refractivity contribution in [1.29, 1.82) is 0 Å². The summed E-state index contributed by atoms with van der Waals surface area (Å²) >= 11 is 3.87. The summed E-state index contributed by atoms with van der Waals surface area (Å²) in [5.74, 6) is 0. The van der Waals surface area contributed by atoms with Crippen LogP contribution in [-0.4, -0.2) is 4.98 Å². The predicted molar refractivity (Wildman–Crippen MR) is 67.3 cm³/mol. The lowest BCUT2D eigenvalue weighted by molar-refractivity contribution is 0.857. The Bertz CT molecular complexity index is 397. The van der Waals surface area contributed by atoms with Crippen molar-refractivity contribution in [3.8, 4) is 0 Å². The normalized spacial score (nSPS) is 12.7. The summed E-state index contributed by atoms with van der Waals surface area (Å²) in [5, 5.41) is 2.91. The third kappa shape index (κ3) is 2.13. The average molecular weight is 316 g/mol. The lowest BCUT2D eigenvalue weighted by Crippen LogP contribution is -2.11. The molecule has 72 valence electrons. The molecule has 0 radical (unpaired) electrons. The standard InChI is InChI=1S/C10H9IN2S/c11-8-3-1-7(2-4-8)9(12)10-13-5-6-14-10/h1-6,9H,12H2. The molecule has 0 saturated heterocycles. The van der Waals surface area contributed by atoms with E-state index in [9.17, 15) is 0 Å². The van der Waals surface area contributed by atoms with Gasteiger partial charge in [-0.2, -0.15) is 0 Å². The van der Waals surface area contributed by atoms with Crippen LogP contribution < -0.4 is 5.73 Å². The van der Waals surface area contributed by atoms with Gasteiger partial charge in [0.25, 0.3) is 0 Å². The monoisotopic (exact) mass is 316 g/mol. The van der Waals surface area contributed by atoms with E-state index in [2.05, 4.69) is 39.7 Å². The van der Waals surface area contributed by atoms with E-state index in [4.69, 9.17) is 5.73 Å². The van der Waals surface area contributed by atoms with Gasteiger partial charge < -0.3 is 5.73 Å². The summed E-state index contributed by atoms with van der Waals surface area (Å²) in [6, 6.07) is 8.13. The minimum Gasteiger partial charge on any atom is -0.318 e. The maximum atomic E-state index is 6.06. The van der Waals surface area contributed by atoms with Crippen LogP contribution in [0.5, 0.6) is 0 Å². The van der Waals surface area contributed by atoms with Gasteiger partial charge in [-0.15, -0.1) is 11.3 Å². The highest BCUT2D eigenvalue weighted by Gasteiger charge is 2.10. The molecule has 4 heteroatoms. The Labute approximate surface area is 100 Å². The Hall–Kier alpha value is -0.460. The lowest BCUT2D eigenvalue weighted by Gasteiger charge is -2.08. The van der Waals surface area contributed by atoms with Gasteiger partial charge in [-0.05, 0) is 40.3 Å². The summed E-state index contributed by atoms with van der Waals surface area (Å²) in [4.78, 5) is 4.21. The van der Waals surface area contributed by atoms with E-state index in [0.29, 0.717) is 0 Å². The number of aromatic nitrogens is 1. The van der Waals surface area contributed by atoms with Crippen LogP contribution in [0, 0.1) is 3.57 Å². The quantitative estimate of drug-likeness (QED) is 0.865. The number of thiazole rings is 1. The molecule has 0 spiro atoms. The molecule has 2 aromatic rings. The van der Waals surface area contributed by atoms with Gasteiger partial charge in [0.2, 0.25) is 0 Å². The highest BCUT2D eigenvalue weighted by molar-refractivity contribution is 14.1. The van der Waals surface area contributed by atoms with E-state index in [-0.39, 0.29) is 6.04 Å². The molecule has 1 aromatic carbocycles. The van der Waals surface area contributed by atoms with Crippen LogP contribution in [0.15, 0.2) is 35.8 Å². The Morgan fingerprint density at radius 2 is 2.00 bits per heavy atom. The zero-order valence-corrected chi connectivity index (χ0v) is 10.3. The molecule has 1 atom stereocenters. The van der Waals surface area contributed by atoms with Gasteiger partial charge in [0.1, 0.15) is 5.01 Å². The summed E-state index contributed by atoms with van der Waals surface area (Å²) in [7, 11) is 0. The fourth-order valence-electron chi connectivity index (χ4n) is 1.20. The molecule has 2 nitrogen and oxygen atoms in total. The van der Waals surface area contributed by atoms with Crippen molar-refractivity contribution in [1.82, 2.24) is 4.98 Å². The van der Waals surface area contributed by atoms with Crippen LogP contribution >= 0.6 is 33.9 Å². The Kier molecular flexibility index (Phi) is 3.15. The second kappa shape index (κ2) is 4.37. The third-order valence-electron chi connectivity index (χ3n) is 1.95. The first-order chi connectivity index (χ1) is 6.77. The fraction of sp³-hybridized carbons (Fsp3) is 0.100. The molecule has 0 aliphatic heterocycles. The third-order valence-corrected chi connectivity index (χ3v) is 3.52. The fourth-order valence-corrected chi connectivity index (χ4v) is 2.23. The smallest absolute Gasteiger partial charge is 0.114 e. The molecule has 0 amide bonds. The molecule has 1 heterocycles. The second-order valence-corrected chi connectivity index (χ2v) is 5.07. The zero-order valence-electron chi connectivity index (χ0n) is 7.35. The number of hydrogen-bond donors (Lipinski definition) is 1. The van der Waals surface area contributed by atoms with E-state index >= 15 is 0 Å². The van der Waals surface area contributed by atoms with Gasteiger partial charge in [-0.25, -0.2) is 4.98 Å². The van der Waals surface area contributed by atoms with Gasteiger partial charge >= 0.3 is 0 Å². The Morgan fingerprint density at radius 3 is 2.57 bits per heavy atom. The predicted octanol–water partition coefficient (Wildman–Crippen LogP) is 2.80. The highest BCUT2D eigenvalue weighted by atomic mass is 127. The molecule has 0 bridgehead atoms. The van der Waals surface area contributed by atoms with Gasteiger partial charge in [-0.1, -0.05) is 12.1 Å². The van der Waals surface area contributed by atoms with Gasteiger partial charge in [0, 0.05) is 15.1 Å². The van der Waals surface area contributed by atoms with Crippen LogP contribution in [-0.2, 0) is 0 Å². The lowest BCUT2D eigenvalue weighted by atomic mass is 10.1. The second-order valence-electron chi connectivity index (χ2n) is 2.90. The number of nitrogens with two attached hydrogens (primary N) is 1. The van der Waals surface area contributed by atoms with Gasteiger partial charge in [0.05, 0.1) is 6.04 Å². The largest absolute Gasteiger partial charge is 0.318 e. The number of hydrogen-bond acceptors (Lipinski definition) is 3. The van der Waals surface area contributed by atoms with Crippen LogP contribution in [0.1, 0.15) is 16.6 Å². The van der Waals surface area contributed by atoms with Crippen molar-refractivity contribution >= 4 is 33.9 Å². The molecular formula is C10H9IN2S. The number of nitrogens with zero attached hydrogens (tertiary/aromatic N) is 1. The van der Waals surface area contributed by atoms with Gasteiger partial charge in [0.15, 0.2) is 0 Å². The van der Waals surface area contributed by atoms with Gasteiger partial charge in [-0.3, -0.25) is 0 Å². The van der Waals surface area contributed by atoms with Crippen LogP contribution in [0.25, 0.3) is 0 Å². The van der Waals surface area contributed by atoms with Crippen molar-refractivity contribution in [3.05, 3.63) is 50.0 Å². The number of rotatable bonds is 2. The van der Waals surface area contributed by atoms with Crippen molar-refractivity contribution < 1.29 is 0 Å². The molecule has 1 unspecified atom stereocenters. The first-order valence-corrected chi connectivity index (χ1v) is 6.13. The van der Waals surface area contributed by atoms with Crippen molar-refractivity contribution in [3.63, 3.8) is 0 Å². The first-order valence-electron chi connectivity index (χ1n) is 4.18. The molecule has 2 rings (SSSR count). The molecular weight excluding hydrogens is 307 g/mol. The van der Waals surface area contributed by atoms with Crippen molar-refractivity contribution in [2.24, 2.45) is 5.73 Å². The van der Waals surface area contributed by atoms with Crippen molar-refractivity contribution in [2.45, 2.75) is 6.04 Å². The van der Waals surface area contributed by atoms with E-state index in [1.165, 1.54) is 3.57 Å². The summed E-state index contributed by atoms with van der Waals surface area (Å²) in [6.07, 6.45) is 1.78. The molecule has 0 aliphatic carbocycles. The minimum absolute atomic E-state index is 0.0907. The minimum atomic E-state index is -0.0907. The molecule has 2 N–H and O–H groups in total. The summed E-state index contributed by atoms with van der Waals surface area (Å²) < 4.78 is 1.22. The number of benzene rings is 1. The van der Waals surface area contributed by atoms with E-state index in [0.717, 1.165) is 10.6 Å².